The summed E-state index contributed by atoms with van der Waals surface area (Å²) in [6.07, 6.45) is 0.419. The van der Waals surface area contributed by atoms with Crippen molar-refractivity contribution in [1.82, 2.24) is 0 Å². The maximum absolute atomic E-state index is 12.1. The highest BCUT2D eigenvalue weighted by Gasteiger charge is 2.17. The second kappa shape index (κ2) is 6.99. The van der Waals surface area contributed by atoms with Crippen LogP contribution in [0.4, 0.5) is 5.69 Å². The first-order valence-corrected chi connectivity index (χ1v) is 6.22. The number of carbonyl (C=O) groups excluding carboxylic acids is 1. The van der Waals surface area contributed by atoms with Crippen molar-refractivity contribution in [3.8, 4) is 11.5 Å². The average molecular weight is 266 g/mol. The molecule has 1 aromatic carbocycles. The summed E-state index contributed by atoms with van der Waals surface area (Å²) in [5, 5.41) is 0. The van der Waals surface area contributed by atoms with E-state index in [-0.39, 0.29) is 11.8 Å². The predicted octanol–water partition coefficient (Wildman–Crippen LogP) is 1.65. The van der Waals surface area contributed by atoms with Crippen LogP contribution in [0.5, 0.6) is 11.5 Å². The normalized spacial score (nSPS) is 11.8. The number of carbonyl (C=O) groups is 1. The fourth-order valence-corrected chi connectivity index (χ4v) is 1.71. The van der Waals surface area contributed by atoms with Crippen LogP contribution in [0.1, 0.15) is 13.3 Å². The van der Waals surface area contributed by atoms with Gasteiger partial charge in [-0.15, -0.1) is 0 Å². The third-order valence-electron chi connectivity index (χ3n) is 3.05. The number of anilines is 1. The number of nitrogens with zero attached hydrogens (tertiary/aromatic N) is 1. The zero-order valence-electron chi connectivity index (χ0n) is 12.0. The van der Waals surface area contributed by atoms with E-state index in [4.69, 9.17) is 15.2 Å². The fourth-order valence-electron chi connectivity index (χ4n) is 1.71. The summed E-state index contributed by atoms with van der Waals surface area (Å²) in [5.74, 6) is 1.48. The summed E-state index contributed by atoms with van der Waals surface area (Å²) >= 11 is 0. The van der Waals surface area contributed by atoms with Gasteiger partial charge in [-0.1, -0.05) is 6.92 Å². The molecule has 106 valence electrons. The molecule has 0 fully saturated rings. The third-order valence-corrected chi connectivity index (χ3v) is 3.05. The number of rotatable bonds is 6. The van der Waals surface area contributed by atoms with E-state index in [0.29, 0.717) is 24.5 Å². The zero-order valence-corrected chi connectivity index (χ0v) is 12.0. The van der Waals surface area contributed by atoms with Gasteiger partial charge in [0.1, 0.15) is 11.5 Å². The smallest absolute Gasteiger partial charge is 0.227 e. The Balaban J connectivity index is 2.92. The van der Waals surface area contributed by atoms with Crippen molar-refractivity contribution in [3.63, 3.8) is 0 Å². The molecular formula is C14H22N2O3. The van der Waals surface area contributed by atoms with E-state index < -0.39 is 0 Å². The van der Waals surface area contributed by atoms with Crippen LogP contribution in [0, 0.1) is 5.92 Å². The van der Waals surface area contributed by atoms with E-state index in [1.807, 2.05) is 13.0 Å². The molecule has 0 radical (unpaired) electrons. The number of hydrogen-bond acceptors (Lipinski definition) is 4. The Bertz CT molecular complexity index is 435. The van der Waals surface area contributed by atoms with Crippen LogP contribution in [0.15, 0.2) is 18.2 Å². The minimum atomic E-state index is 0.0152. The predicted molar refractivity (Wildman–Crippen MR) is 75.8 cm³/mol. The Morgan fingerprint density at radius 1 is 1.37 bits per heavy atom. The van der Waals surface area contributed by atoms with Gasteiger partial charge in [0, 0.05) is 19.5 Å². The first kappa shape index (κ1) is 15.3. The number of ether oxygens (including phenoxy) is 2. The molecule has 0 spiro atoms. The molecule has 2 N–H and O–H groups in total. The Hall–Kier alpha value is -1.75. The molecule has 19 heavy (non-hydrogen) atoms. The molecule has 5 heteroatoms. The van der Waals surface area contributed by atoms with E-state index in [1.165, 1.54) is 0 Å². The molecule has 0 aliphatic heterocycles. The zero-order chi connectivity index (χ0) is 14.4. The number of nitrogens with two attached hydrogens (primary N) is 1. The van der Waals surface area contributed by atoms with Gasteiger partial charge < -0.3 is 20.1 Å². The van der Waals surface area contributed by atoms with Crippen molar-refractivity contribution in [3.05, 3.63) is 18.2 Å². The van der Waals surface area contributed by atoms with E-state index in [0.717, 1.165) is 5.69 Å². The molecule has 0 heterocycles. The minimum Gasteiger partial charge on any atom is -0.497 e. The van der Waals surface area contributed by atoms with Crippen molar-refractivity contribution in [2.24, 2.45) is 11.7 Å². The molecule has 1 rings (SSSR count). The van der Waals surface area contributed by atoms with Crippen LogP contribution < -0.4 is 20.1 Å². The SMILES string of the molecule is COc1ccc(N(C)C(=O)CC(C)CN)c(OC)c1. The van der Waals surface area contributed by atoms with Gasteiger partial charge in [-0.3, -0.25) is 4.79 Å². The second-order valence-electron chi connectivity index (χ2n) is 4.54. The number of hydrogen-bond donors (Lipinski definition) is 1. The first-order chi connectivity index (χ1) is 9.03. The summed E-state index contributed by atoms with van der Waals surface area (Å²) < 4.78 is 10.4. The van der Waals surface area contributed by atoms with Gasteiger partial charge >= 0.3 is 0 Å². The topological polar surface area (TPSA) is 64.8 Å². The molecule has 5 nitrogen and oxygen atoms in total. The van der Waals surface area contributed by atoms with Crippen molar-refractivity contribution in [2.75, 3.05) is 32.7 Å². The average Bonchev–Trinajstić information content (AvgIpc) is 2.45. The Labute approximate surface area is 114 Å². The maximum Gasteiger partial charge on any atom is 0.227 e. The molecule has 0 aromatic heterocycles. The van der Waals surface area contributed by atoms with E-state index >= 15 is 0 Å². The fraction of sp³-hybridized carbons (Fsp3) is 0.500. The van der Waals surface area contributed by atoms with Gasteiger partial charge in [-0.25, -0.2) is 0 Å². The van der Waals surface area contributed by atoms with Crippen LogP contribution in [0.3, 0.4) is 0 Å². The van der Waals surface area contributed by atoms with Crippen molar-refractivity contribution in [1.29, 1.82) is 0 Å². The molecule has 1 atom stereocenters. The summed E-state index contributed by atoms with van der Waals surface area (Å²) in [4.78, 5) is 13.7. The Kier molecular flexibility index (Phi) is 5.63. The second-order valence-corrected chi connectivity index (χ2v) is 4.54. The molecule has 0 aliphatic rings. The van der Waals surface area contributed by atoms with Crippen molar-refractivity contribution < 1.29 is 14.3 Å². The third kappa shape index (κ3) is 3.86. The van der Waals surface area contributed by atoms with Gasteiger partial charge in [0.15, 0.2) is 0 Å². The van der Waals surface area contributed by atoms with E-state index in [9.17, 15) is 4.79 Å². The lowest BCUT2D eigenvalue weighted by Crippen LogP contribution is -2.29. The quantitative estimate of drug-likeness (QED) is 0.850. The Morgan fingerprint density at radius 2 is 2.05 bits per heavy atom. The van der Waals surface area contributed by atoms with Crippen molar-refractivity contribution in [2.45, 2.75) is 13.3 Å². The standard InChI is InChI=1S/C14H22N2O3/c1-10(9-15)7-14(17)16(2)12-6-5-11(18-3)8-13(12)19-4/h5-6,8,10H,7,9,15H2,1-4H3. The van der Waals surface area contributed by atoms with Crippen LogP contribution in [0.25, 0.3) is 0 Å². The largest absolute Gasteiger partial charge is 0.497 e. The van der Waals surface area contributed by atoms with Gasteiger partial charge in [0.25, 0.3) is 0 Å². The lowest BCUT2D eigenvalue weighted by Gasteiger charge is -2.21. The number of benzene rings is 1. The molecular weight excluding hydrogens is 244 g/mol. The summed E-state index contributed by atoms with van der Waals surface area (Å²) in [6, 6.07) is 5.36. The lowest BCUT2D eigenvalue weighted by atomic mass is 10.1. The molecule has 0 bridgehead atoms. The van der Waals surface area contributed by atoms with E-state index in [2.05, 4.69) is 0 Å². The maximum atomic E-state index is 12.1. The monoisotopic (exact) mass is 266 g/mol. The summed E-state index contributed by atoms with van der Waals surface area (Å²) in [5.41, 5.74) is 6.26. The minimum absolute atomic E-state index is 0.0152. The highest BCUT2D eigenvalue weighted by Crippen LogP contribution is 2.32. The van der Waals surface area contributed by atoms with Crippen LogP contribution in [-0.4, -0.2) is 33.7 Å². The van der Waals surface area contributed by atoms with Crippen LogP contribution in [0.2, 0.25) is 0 Å². The first-order valence-electron chi connectivity index (χ1n) is 6.22. The van der Waals surface area contributed by atoms with Gasteiger partial charge in [0.05, 0.1) is 19.9 Å². The molecule has 0 saturated heterocycles. The molecule has 1 amide bonds. The van der Waals surface area contributed by atoms with Crippen molar-refractivity contribution >= 4 is 11.6 Å². The highest BCUT2D eigenvalue weighted by molar-refractivity contribution is 5.94. The number of methoxy groups -OCH3 is 2. The lowest BCUT2D eigenvalue weighted by molar-refractivity contribution is -0.119. The van der Waals surface area contributed by atoms with Gasteiger partial charge in [-0.2, -0.15) is 0 Å². The summed E-state index contributed by atoms with van der Waals surface area (Å²) in [6.45, 7) is 2.45. The Morgan fingerprint density at radius 3 is 2.58 bits per heavy atom. The molecule has 1 aromatic rings. The molecule has 1 unspecified atom stereocenters. The molecule has 0 aliphatic carbocycles. The van der Waals surface area contributed by atoms with Crippen LogP contribution in [-0.2, 0) is 4.79 Å². The van der Waals surface area contributed by atoms with Gasteiger partial charge in [-0.05, 0) is 24.6 Å². The highest BCUT2D eigenvalue weighted by atomic mass is 16.5. The molecule has 0 saturated carbocycles. The number of amides is 1. The van der Waals surface area contributed by atoms with E-state index in [1.54, 1.807) is 38.3 Å². The van der Waals surface area contributed by atoms with Crippen LogP contribution >= 0.6 is 0 Å². The van der Waals surface area contributed by atoms with Gasteiger partial charge in [0.2, 0.25) is 5.91 Å². The summed E-state index contributed by atoms with van der Waals surface area (Å²) in [7, 11) is 4.89.